The van der Waals surface area contributed by atoms with E-state index in [-0.39, 0.29) is 5.41 Å². The molecule has 0 spiro atoms. The molecule has 6 heterocycles. The summed E-state index contributed by atoms with van der Waals surface area (Å²) in [6.07, 6.45) is 7.01. The van der Waals surface area contributed by atoms with Crippen molar-refractivity contribution in [3.63, 3.8) is 0 Å². The summed E-state index contributed by atoms with van der Waals surface area (Å²) in [5.41, 5.74) is 6.43. The van der Waals surface area contributed by atoms with E-state index in [1.165, 1.54) is 4.88 Å². The Bertz CT molecular complexity index is 1760. The summed E-state index contributed by atoms with van der Waals surface area (Å²) in [7, 11) is 0. The molecule has 10 heteroatoms. The van der Waals surface area contributed by atoms with E-state index in [9.17, 15) is 5.11 Å². The Morgan fingerprint density at radius 2 is 1.89 bits per heavy atom. The van der Waals surface area contributed by atoms with Crippen molar-refractivity contribution >= 4 is 39.1 Å². The van der Waals surface area contributed by atoms with Gasteiger partial charge in [0, 0.05) is 34.6 Å². The number of nitrogens with one attached hydrogen (secondary N) is 3. The van der Waals surface area contributed by atoms with Crippen LogP contribution >= 0.6 is 11.3 Å². The molecule has 0 amide bonds. The van der Waals surface area contributed by atoms with Crippen molar-refractivity contribution in [3.05, 3.63) is 60.0 Å². The fourth-order valence-electron chi connectivity index (χ4n) is 4.53. The Kier molecular flexibility index (Phi) is 5.93. The van der Waals surface area contributed by atoms with Gasteiger partial charge in [-0.1, -0.05) is 20.8 Å². The molecule has 1 unspecified atom stereocenters. The number of H-pyrrole nitrogens is 2. The molecule has 0 bridgehead atoms. The van der Waals surface area contributed by atoms with Gasteiger partial charge < -0.3 is 15.4 Å². The summed E-state index contributed by atoms with van der Waals surface area (Å²) >= 11 is 1.70. The van der Waals surface area contributed by atoms with Gasteiger partial charge in [-0.05, 0) is 49.1 Å². The molecule has 0 aromatic carbocycles. The van der Waals surface area contributed by atoms with Gasteiger partial charge in [-0.15, -0.1) is 11.3 Å². The fourth-order valence-corrected chi connectivity index (χ4v) is 5.40. The van der Waals surface area contributed by atoms with Crippen molar-refractivity contribution in [2.24, 2.45) is 5.41 Å². The molecule has 1 atom stereocenters. The van der Waals surface area contributed by atoms with Crippen LogP contribution in [0.5, 0.6) is 0 Å². The number of imidazole rings is 1. The first-order valence-electron chi connectivity index (χ1n) is 12.4. The summed E-state index contributed by atoms with van der Waals surface area (Å²) in [6, 6.07) is 10.1. The Hall–Kier alpha value is -4.15. The summed E-state index contributed by atoms with van der Waals surface area (Å²) in [5, 5.41) is 22.0. The smallest absolute Gasteiger partial charge is 0.181 e. The number of nitrogens with zero attached hydrogens (tertiary/aromatic N) is 5. The molecule has 38 heavy (non-hydrogen) atoms. The molecule has 0 saturated heterocycles. The van der Waals surface area contributed by atoms with Crippen molar-refractivity contribution in [2.45, 2.75) is 40.3 Å². The van der Waals surface area contributed by atoms with Crippen LogP contribution in [0.1, 0.15) is 32.1 Å². The second-order valence-electron chi connectivity index (χ2n) is 10.6. The van der Waals surface area contributed by atoms with Crippen molar-refractivity contribution in [3.8, 4) is 33.2 Å². The number of aliphatic hydroxyl groups excluding tert-OH is 1. The van der Waals surface area contributed by atoms with E-state index in [0.29, 0.717) is 17.9 Å². The minimum atomic E-state index is -0.668. The van der Waals surface area contributed by atoms with Gasteiger partial charge in [0.25, 0.3) is 0 Å². The lowest BCUT2D eigenvalue weighted by atomic mass is 9.91. The summed E-state index contributed by atoms with van der Waals surface area (Å²) in [4.78, 5) is 24.2. The third-order valence-electron chi connectivity index (χ3n) is 6.23. The maximum Gasteiger partial charge on any atom is 0.181 e. The Morgan fingerprint density at radius 1 is 1.05 bits per heavy atom. The Labute approximate surface area is 223 Å². The van der Waals surface area contributed by atoms with Crippen molar-refractivity contribution in [2.75, 3.05) is 5.32 Å². The van der Waals surface area contributed by atoms with E-state index in [1.54, 1.807) is 36.1 Å². The van der Waals surface area contributed by atoms with Crippen molar-refractivity contribution in [1.82, 2.24) is 35.1 Å². The first-order valence-corrected chi connectivity index (χ1v) is 13.2. The SMILES string of the molecule is Cc1ccc(-c2nccc3[nH]c(-c4[nH]nc5ncc(-c6cncc(NC(O)CC(C)(C)C)c6)cc45)nc23)s1. The highest BCUT2D eigenvalue weighted by Crippen LogP contribution is 2.34. The highest BCUT2D eigenvalue weighted by Gasteiger charge is 2.19. The van der Waals surface area contributed by atoms with E-state index < -0.39 is 6.23 Å². The van der Waals surface area contributed by atoms with Gasteiger partial charge >= 0.3 is 0 Å². The molecule has 0 saturated carbocycles. The summed E-state index contributed by atoms with van der Waals surface area (Å²) < 4.78 is 0. The van der Waals surface area contributed by atoms with Crippen molar-refractivity contribution in [1.29, 1.82) is 0 Å². The van der Waals surface area contributed by atoms with Crippen LogP contribution in [0.2, 0.25) is 0 Å². The van der Waals surface area contributed by atoms with Crippen LogP contribution < -0.4 is 5.32 Å². The quantitative estimate of drug-likeness (QED) is 0.192. The number of aromatic nitrogens is 7. The predicted molar refractivity (Wildman–Crippen MR) is 152 cm³/mol. The average molecular weight is 525 g/mol. The molecule has 0 fully saturated rings. The van der Waals surface area contributed by atoms with Gasteiger partial charge in [0.15, 0.2) is 11.5 Å². The van der Waals surface area contributed by atoms with Crippen LogP contribution in [-0.4, -0.2) is 46.5 Å². The molecule has 6 aromatic rings. The number of hydrogen-bond donors (Lipinski definition) is 4. The average Bonchev–Trinajstić information content (AvgIpc) is 3.60. The predicted octanol–water partition coefficient (Wildman–Crippen LogP) is 6.16. The van der Waals surface area contributed by atoms with E-state index in [0.717, 1.165) is 49.5 Å². The number of aryl methyl sites for hydroxylation is 1. The van der Waals surface area contributed by atoms with Gasteiger partial charge in [-0.25, -0.2) is 9.97 Å². The number of aliphatic hydroxyl groups is 1. The molecule has 0 radical (unpaired) electrons. The first-order chi connectivity index (χ1) is 18.2. The van der Waals surface area contributed by atoms with E-state index in [1.807, 2.05) is 18.2 Å². The van der Waals surface area contributed by atoms with Crippen molar-refractivity contribution < 1.29 is 5.11 Å². The number of fused-ring (bicyclic) bond motifs is 2. The minimum absolute atomic E-state index is 0.000288. The summed E-state index contributed by atoms with van der Waals surface area (Å²) in [5.74, 6) is 0.669. The Balaban J connectivity index is 1.36. The topological polar surface area (TPSA) is 128 Å². The molecule has 0 aliphatic heterocycles. The largest absolute Gasteiger partial charge is 0.374 e. The third-order valence-corrected chi connectivity index (χ3v) is 7.24. The molecule has 0 aliphatic rings. The zero-order valence-corrected chi connectivity index (χ0v) is 22.4. The zero-order chi connectivity index (χ0) is 26.4. The number of rotatable bonds is 6. The molecule has 6 rings (SSSR count). The van der Waals surface area contributed by atoms with Gasteiger partial charge in [-0.3, -0.25) is 15.1 Å². The molecule has 0 aliphatic carbocycles. The maximum atomic E-state index is 10.5. The van der Waals surface area contributed by atoms with Crippen LogP contribution in [0.4, 0.5) is 5.69 Å². The molecular weight excluding hydrogens is 496 g/mol. The zero-order valence-electron chi connectivity index (χ0n) is 21.6. The fraction of sp³-hybridized carbons (Fsp3) is 0.250. The summed E-state index contributed by atoms with van der Waals surface area (Å²) in [6.45, 7) is 8.37. The number of aromatic amines is 2. The normalized spacial score (nSPS) is 12.9. The molecular formula is C28H28N8OS. The maximum absolute atomic E-state index is 10.5. The molecule has 192 valence electrons. The van der Waals surface area contributed by atoms with E-state index in [2.05, 4.69) is 75.3 Å². The first kappa shape index (κ1) is 24.2. The lowest BCUT2D eigenvalue weighted by molar-refractivity contribution is 0.145. The van der Waals surface area contributed by atoms with E-state index >= 15 is 0 Å². The lowest BCUT2D eigenvalue weighted by Gasteiger charge is -2.23. The van der Waals surface area contributed by atoms with E-state index in [4.69, 9.17) is 4.98 Å². The monoisotopic (exact) mass is 524 g/mol. The second kappa shape index (κ2) is 9.30. The van der Waals surface area contributed by atoms with Gasteiger partial charge in [-0.2, -0.15) is 5.10 Å². The standard InChI is InChI=1S/C28H28N8OS/c1-15-5-6-21(38-15)25-24-20(7-8-30-25)33-27(34-24)23-19-10-17(13-31-26(19)36-35-23)16-9-18(14-29-12-16)32-22(37)11-28(2,3)4/h5-10,12-14,22,32,37H,11H2,1-4H3,(H,33,34)(H,31,35,36). The minimum Gasteiger partial charge on any atom is -0.374 e. The Morgan fingerprint density at radius 3 is 2.68 bits per heavy atom. The molecule has 6 aromatic heterocycles. The van der Waals surface area contributed by atoms with Gasteiger partial charge in [0.2, 0.25) is 0 Å². The van der Waals surface area contributed by atoms with Crippen LogP contribution in [0.25, 0.3) is 55.3 Å². The number of thiophene rings is 1. The highest BCUT2D eigenvalue weighted by molar-refractivity contribution is 7.15. The van der Waals surface area contributed by atoms with Gasteiger partial charge in [0.05, 0.1) is 27.7 Å². The number of anilines is 1. The highest BCUT2D eigenvalue weighted by atomic mass is 32.1. The molecule has 9 nitrogen and oxygen atoms in total. The lowest BCUT2D eigenvalue weighted by Crippen LogP contribution is -2.25. The van der Waals surface area contributed by atoms with Crippen LogP contribution in [-0.2, 0) is 0 Å². The van der Waals surface area contributed by atoms with Crippen LogP contribution in [0.15, 0.2) is 55.1 Å². The number of hydrogen-bond acceptors (Lipinski definition) is 8. The van der Waals surface area contributed by atoms with Crippen LogP contribution in [0, 0.1) is 12.3 Å². The molecule has 4 N–H and O–H groups in total. The van der Waals surface area contributed by atoms with Crippen LogP contribution in [0.3, 0.4) is 0 Å². The number of pyridine rings is 3. The third kappa shape index (κ3) is 4.75. The second-order valence-corrected chi connectivity index (χ2v) is 11.9. The van der Waals surface area contributed by atoms with Gasteiger partial charge in [0.1, 0.15) is 23.1 Å².